The fourth-order valence-corrected chi connectivity index (χ4v) is 2.81. The summed E-state index contributed by atoms with van der Waals surface area (Å²) in [5, 5.41) is 16.7. The number of aromatic hydroxyl groups is 1. The van der Waals surface area contributed by atoms with Gasteiger partial charge in [0.1, 0.15) is 5.75 Å². The van der Waals surface area contributed by atoms with Crippen LogP contribution in [0.25, 0.3) is 0 Å². The number of nitrogens with zero attached hydrogens (tertiary/aromatic N) is 3. The molecule has 1 atom stereocenters. The number of hydrazone groups is 1. The molecule has 0 amide bonds. The van der Waals surface area contributed by atoms with Gasteiger partial charge in [-0.25, -0.2) is 10.0 Å². The summed E-state index contributed by atoms with van der Waals surface area (Å²) in [5.41, 5.74) is 8.55. The van der Waals surface area contributed by atoms with E-state index in [1.807, 2.05) is 37.3 Å². The zero-order valence-corrected chi connectivity index (χ0v) is 14.1. The molecule has 0 spiro atoms. The van der Waals surface area contributed by atoms with Crippen molar-refractivity contribution in [3.05, 3.63) is 64.7 Å². The van der Waals surface area contributed by atoms with Gasteiger partial charge in [0.05, 0.1) is 23.8 Å². The lowest BCUT2D eigenvalue weighted by Gasteiger charge is -2.13. The van der Waals surface area contributed by atoms with Crippen LogP contribution in [0.1, 0.15) is 18.1 Å². The molecular weight excluding hydrogens is 324 g/mol. The maximum absolute atomic E-state index is 10.2. The summed E-state index contributed by atoms with van der Waals surface area (Å²) in [7, 11) is 0. The molecule has 1 aliphatic heterocycles. The Labute approximate surface area is 146 Å². The SMILES string of the molecule is C[C@H]1CN(C(N)=NCc2ccccc2)N=C1c1cccc(Cl)c1O. The number of rotatable bonds is 3. The zero-order valence-electron chi connectivity index (χ0n) is 13.4. The van der Waals surface area contributed by atoms with Crippen molar-refractivity contribution in [1.29, 1.82) is 0 Å². The minimum absolute atomic E-state index is 0.0476. The molecule has 0 radical (unpaired) electrons. The first-order valence-electron chi connectivity index (χ1n) is 7.74. The van der Waals surface area contributed by atoms with Crippen LogP contribution in [0.2, 0.25) is 5.02 Å². The number of benzene rings is 2. The van der Waals surface area contributed by atoms with E-state index in [0.717, 1.165) is 11.3 Å². The first kappa shape index (κ1) is 16.3. The fourth-order valence-electron chi connectivity index (χ4n) is 2.64. The quantitative estimate of drug-likeness (QED) is 0.664. The number of phenolic OH excluding ortho intramolecular Hbond substituents is 1. The normalized spacial score (nSPS) is 17.9. The van der Waals surface area contributed by atoms with Crippen LogP contribution in [0, 0.1) is 5.92 Å². The molecule has 1 aliphatic rings. The number of phenols is 1. The van der Waals surface area contributed by atoms with Gasteiger partial charge < -0.3 is 10.8 Å². The standard InChI is InChI=1S/C18H19ClN4O/c1-12-11-23(18(20)21-10-13-6-3-2-4-7-13)22-16(12)14-8-5-9-15(19)17(14)24/h2-9,12,24H,10-11H2,1H3,(H2,20,21)/t12-/m0/s1. The number of para-hydroxylation sites is 1. The molecule has 0 unspecified atom stereocenters. The van der Waals surface area contributed by atoms with E-state index >= 15 is 0 Å². The largest absolute Gasteiger partial charge is 0.506 e. The van der Waals surface area contributed by atoms with Crippen LogP contribution >= 0.6 is 11.6 Å². The number of guanidine groups is 1. The van der Waals surface area contributed by atoms with Crippen molar-refractivity contribution < 1.29 is 5.11 Å². The Kier molecular flexibility index (Phi) is 4.71. The molecule has 24 heavy (non-hydrogen) atoms. The van der Waals surface area contributed by atoms with Crippen molar-refractivity contribution in [2.45, 2.75) is 13.5 Å². The van der Waals surface area contributed by atoms with Crippen LogP contribution in [-0.2, 0) is 6.54 Å². The van der Waals surface area contributed by atoms with Crippen molar-refractivity contribution in [2.24, 2.45) is 21.7 Å². The summed E-state index contributed by atoms with van der Waals surface area (Å²) in [6, 6.07) is 15.2. The van der Waals surface area contributed by atoms with Crippen LogP contribution in [0.3, 0.4) is 0 Å². The Morgan fingerprint density at radius 1 is 1.29 bits per heavy atom. The smallest absolute Gasteiger partial charge is 0.212 e. The van der Waals surface area contributed by atoms with E-state index in [2.05, 4.69) is 10.1 Å². The third-order valence-electron chi connectivity index (χ3n) is 3.94. The summed E-state index contributed by atoms with van der Waals surface area (Å²) in [4.78, 5) is 4.40. The maximum Gasteiger partial charge on any atom is 0.212 e. The topological polar surface area (TPSA) is 74.2 Å². The number of aliphatic imine (C=N–C) groups is 1. The van der Waals surface area contributed by atoms with Gasteiger partial charge in [-0.05, 0) is 17.7 Å². The summed E-state index contributed by atoms with van der Waals surface area (Å²) in [6.07, 6.45) is 0. The molecular formula is C18H19ClN4O. The molecule has 0 saturated carbocycles. The van der Waals surface area contributed by atoms with Gasteiger partial charge in [0.15, 0.2) is 0 Å². The second kappa shape index (κ2) is 6.93. The second-order valence-corrected chi connectivity index (χ2v) is 6.17. The summed E-state index contributed by atoms with van der Waals surface area (Å²) in [5.74, 6) is 0.522. The molecule has 6 heteroatoms. The lowest BCUT2D eigenvalue weighted by atomic mass is 9.99. The van der Waals surface area contributed by atoms with Crippen molar-refractivity contribution >= 4 is 23.3 Å². The summed E-state index contributed by atoms with van der Waals surface area (Å²) in [6.45, 7) is 3.15. The van der Waals surface area contributed by atoms with E-state index in [-0.39, 0.29) is 11.7 Å². The van der Waals surface area contributed by atoms with Gasteiger partial charge in [-0.3, -0.25) is 0 Å². The molecule has 5 nitrogen and oxygen atoms in total. The van der Waals surface area contributed by atoms with Gasteiger partial charge in [0.2, 0.25) is 5.96 Å². The minimum atomic E-state index is 0.0476. The summed E-state index contributed by atoms with van der Waals surface area (Å²) < 4.78 is 0. The van der Waals surface area contributed by atoms with Crippen LogP contribution in [0.5, 0.6) is 5.75 Å². The molecule has 0 aromatic heterocycles. The van der Waals surface area contributed by atoms with Gasteiger partial charge in [-0.15, -0.1) is 0 Å². The molecule has 0 bridgehead atoms. The highest BCUT2D eigenvalue weighted by molar-refractivity contribution is 6.32. The molecule has 1 heterocycles. The van der Waals surface area contributed by atoms with Gasteiger partial charge in [0.25, 0.3) is 0 Å². The molecule has 124 valence electrons. The Morgan fingerprint density at radius 2 is 2.04 bits per heavy atom. The molecule has 0 fully saturated rings. The number of halogens is 1. The van der Waals surface area contributed by atoms with E-state index in [1.54, 1.807) is 23.2 Å². The van der Waals surface area contributed by atoms with Crippen LogP contribution in [0.4, 0.5) is 0 Å². The second-order valence-electron chi connectivity index (χ2n) is 5.76. The first-order chi connectivity index (χ1) is 11.6. The Bertz CT molecular complexity index is 789. The van der Waals surface area contributed by atoms with E-state index in [4.69, 9.17) is 17.3 Å². The lowest BCUT2D eigenvalue weighted by molar-refractivity contribution is 0.449. The highest BCUT2D eigenvalue weighted by atomic mass is 35.5. The molecule has 3 N–H and O–H groups in total. The third-order valence-corrected chi connectivity index (χ3v) is 4.24. The first-order valence-corrected chi connectivity index (χ1v) is 8.12. The van der Waals surface area contributed by atoms with Crippen molar-refractivity contribution in [3.8, 4) is 5.75 Å². The average Bonchev–Trinajstić information content (AvgIpc) is 2.98. The monoisotopic (exact) mass is 342 g/mol. The minimum Gasteiger partial charge on any atom is -0.506 e. The number of hydrogen-bond acceptors (Lipinski definition) is 3. The van der Waals surface area contributed by atoms with E-state index in [9.17, 15) is 5.11 Å². The van der Waals surface area contributed by atoms with Gasteiger partial charge in [-0.2, -0.15) is 5.10 Å². The van der Waals surface area contributed by atoms with Gasteiger partial charge in [-0.1, -0.05) is 54.9 Å². The predicted molar refractivity (Wildman–Crippen MR) is 97.3 cm³/mol. The third kappa shape index (κ3) is 3.36. The Hall–Kier alpha value is -2.53. The van der Waals surface area contributed by atoms with Gasteiger partial charge >= 0.3 is 0 Å². The fraction of sp³-hybridized carbons (Fsp3) is 0.222. The van der Waals surface area contributed by atoms with Crippen molar-refractivity contribution in [3.63, 3.8) is 0 Å². The highest BCUT2D eigenvalue weighted by Crippen LogP contribution is 2.31. The highest BCUT2D eigenvalue weighted by Gasteiger charge is 2.28. The zero-order chi connectivity index (χ0) is 17.1. The Morgan fingerprint density at radius 3 is 2.79 bits per heavy atom. The molecule has 0 aliphatic carbocycles. The van der Waals surface area contributed by atoms with Gasteiger partial charge in [0, 0.05) is 11.5 Å². The van der Waals surface area contributed by atoms with Crippen LogP contribution in [-0.4, -0.2) is 28.3 Å². The maximum atomic E-state index is 10.2. The lowest BCUT2D eigenvalue weighted by Crippen LogP contribution is -2.32. The molecule has 2 aromatic rings. The molecule has 3 rings (SSSR count). The van der Waals surface area contributed by atoms with Crippen molar-refractivity contribution in [2.75, 3.05) is 6.54 Å². The summed E-state index contributed by atoms with van der Waals surface area (Å²) >= 11 is 5.99. The Balaban J connectivity index is 1.80. The van der Waals surface area contributed by atoms with E-state index in [1.165, 1.54) is 0 Å². The van der Waals surface area contributed by atoms with Crippen molar-refractivity contribution in [1.82, 2.24) is 5.01 Å². The predicted octanol–water partition coefficient (Wildman–Crippen LogP) is 3.22. The molecule has 2 aromatic carbocycles. The number of hydrogen-bond donors (Lipinski definition) is 2. The van der Waals surface area contributed by atoms with Crippen LogP contribution < -0.4 is 5.73 Å². The molecule has 0 saturated heterocycles. The average molecular weight is 343 g/mol. The van der Waals surface area contributed by atoms with Crippen LogP contribution in [0.15, 0.2) is 58.6 Å². The number of nitrogens with two attached hydrogens (primary N) is 1. The van der Waals surface area contributed by atoms with E-state index in [0.29, 0.717) is 29.6 Å². The van der Waals surface area contributed by atoms with E-state index < -0.39 is 0 Å².